The van der Waals surface area contributed by atoms with Crippen molar-refractivity contribution in [1.29, 1.82) is 0 Å². The predicted molar refractivity (Wildman–Crippen MR) is 73.5 cm³/mol. The SMILES string of the molecule is CNC(Cc1ccc2c(c1)OCO2)C1CC2(CC2)C1. The molecule has 0 saturated heterocycles. The first-order valence-electron chi connectivity index (χ1n) is 7.34. The first-order chi connectivity index (χ1) is 9.28. The molecule has 0 radical (unpaired) electrons. The van der Waals surface area contributed by atoms with E-state index in [4.69, 9.17) is 9.47 Å². The second-order valence-corrected chi connectivity index (χ2v) is 6.46. The van der Waals surface area contributed by atoms with Gasteiger partial charge in [-0.15, -0.1) is 0 Å². The van der Waals surface area contributed by atoms with Gasteiger partial charge >= 0.3 is 0 Å². The highest BCUT2D eigenvalue weighted by Gasteiger charge is 2.54. The lowest BCUT2D eigenvalue weighted by atomic mass is 9.67. The van der Waals surface area contributed by atoms with Gasteiger partial charge in [-0.1, -0.05) is 6.07 Å². The van der Waals surface area contributed by atoms with Gasteiger partial charge in [0.1, 0.15) is 0 Å². The molecule has 2 aliphatic carbocycles. The van der Waals surface area contributed by atoms with E-state index in [2.05, 4.69) is 24.5 Å². The topological polar surface area (TPSA) is 30.5 Å². The molecule has 19 heavy (non-hydrogen) atoms. The van der Waals surface area contributed by atoms with E-state index in [0.29, 0.717) is 12.8 Å². The molecule has 1 atom stereocenters. The van der Waals surface area contributed by atoms with Gasteiger partial charge in [0.25, 0.3) is 0 Å². The molecule has 0 bridgehead atoms. The molecule has 1 aromatic carbocycles. The van der Waals surface area contributed by atoms with Crippen molar-refractivity contribution in [2.75, 3.05) is 13.8 Å². The molecule has 4 rings (SSSR count). The Labute approximate surface area is 114 Å². The maximum Gasteiger partial charge on any atom is 0.231 e. The van der Waals surface area contributed by atoms with E-state index in [1.54, 1.807) is 0 Å². The van der Waals surface area contributed by atoms with Crippen molar-refractivity contribution in [3.63, 3.8) is 0 Å². The fraction of sp³-hybridized carbons (Fsp3) is 0.625. The second kappa shape index (κ2) is 4.14. The zero-order chi connectivity index (χ0) is 12.9. The van der Waals surface area contributed by atoms with Crippen LogP contribution in [0.2, 0.25) is 0 Å². The summed E-state index contributed by atoms with van der Waals surface area (Å²) in [6.45, 7) is 0.361. The van der Waals surface area contributed by atoms with E-state index < -0.39 is 0 Å². The molecule has 2 fully saturated rings. The number of benzene rings is 1. The zero-order valence-corrected chi connectivity index (χ0v) is 11.4. The van der Waals surface area contributed by atoms with Gasteiger partial charge in [0.15, 0.2) is 11.5 Å². The smallest absolute Gasteiger partial charge is 0.231 e. The summed E-state index contributed by atoms with van der Waals surface area (Å²) in [5.41, 5.74) is 2.13. The molecular formula is C16H21NO2. The minimum Gasteiger partial charge on any atom is -0.454 e. The number of ether oxygens (including phenoxy) is 2. The van der Waals surface area contributed by atoms with E-state index >= 15 is 0 Å². The first-order valence-corrected chi connectivity index (χ1v) is 7.34. The van der Waals surface area contributed by atoms with Crippen molar-refractivity contribution in [2.24, 2.45) is 11.3 Å². The maximum absolute atomic E-state index is 5.46. The van der Waals surface area contributed by atoms with Gasteiger partial charge in [-0.2, -0.15) is 0 Å². The second-order valence-electron chi connectivity index (χ2n) is 6.46. The largest absolute Gasteiger partial charge is 0.454 e. The van der Waals surface area contributed by atoms with Gasteiger partial charge in [-0.3, -0.25) is 0 Å². The zero-order valence-electron chi connectivity index (χ0n) is 11.4. The van der Waals surface area contributed by atoms with E-state index in [0.717, 1.165) is 29.3 Å². The van der Waals surface area contributed by atoms with Gasteiger partial charge in [0.2, 0.25) is 6.79 Å². The Balaban J connectivity index is 1.44. The van der Waals surface area contributed by atoms with E-state index in [9.17, 15) is 0 Å². The van der Waals surface area contributed by atoms with Gasteiger partial charge < -0.3 is 14.8 Å². The molecule has 1 N–H and O–H groups in total. The molecule has 1 aliphatic heterocycles. The highest BCUT2D eigenvalue weighted by atomic mass is 16.7. The highest BCUT2D eigenvalue weighted by Crippen LogP contribution is 2.64. The Morgan fingerprint density at radius 3 is 2.79 bits per heavy atom. The Morgan fingerprint density at radius 1 is 1.26 bits per heavy atom. The standard InChI is InChI=1S/C16H21NO2/c1-17-13(12-8-16(9-12)4-5-16)6-11-2-3-14-15(7-11)19-10-18-14/h2-3,7,12-13,17H,4-6,8-10H2,1H3. The summed E-state index contributed by atoms with van der Waals surface area (Å²) < 4.78 is 10.8. The number of fused-ring (bicyclic) bond motifs is 1. The summed E-state index contributed by atoms with van der Waals surface area (Å²) in [5, 5.41) is 3.51. The third kappa shape index (κ3) is 2.00. The summed E-state index contributed by atoms with van der Waals surface area (Å²) >= 11 is 0. The van der Waals surface area contributed by atoms with Crippen LogP contribution < -0.4 is 14.8 Å². The number of nitrogens with one attached hydrogen (secondary N) is 1. The van der Waals surface area contributed by atoms with Crippen LogP contribution in [0.3, 0.4) is 0 Å². The normalized spacial score (nSPS) is 24.3. The lowest BCUT2D eigenvalue weighted by Crippen LogP contribution is -2.43. The van der Waals surface area contributed by atoms with Crippen LogP contribution in [0.25, 0.3) is 0 Å². The van der Waals surface area contributed by atoms with Crippen LogP contribution >= 0.6 is 0 Å². The number of rotatable bonds is 4. The summed E-state index contributed by atoms with van der Waals surface area (Å²) in [6.07, 6.45) is 6.91. The molecule has 1 unspecified atom stereocenters. The van der Waals surface area contributed by atoms with Crippen LogP contribution in [-0.4, -0.2) is 19.9 Å². The quantitative estimate of drug-likeness (QED) is 0.902. The average Bonchev–Trinajstić information content (AvgIpc) is 3.05. The molecule has 1 aromatic rings. The van der Waals surface area contributed by atoms with Gasteiger partial charge in [0.05, 0.1) is 0 Å². The molecule has 3 nitrogen and oxygen atoms in total. The van der Waals surface area contributed by atoms with Crippen LogP contribution in [0.1, 0.15) is 31.2 Å². The van der Waals surface area contributed by atoms with Crippen LogP contribution in [0.4, 0.5) is 0 Å². The number of hydrogen-bond donors (Lipinski definition) is 1. The lowest BCUT2D eigenvalue weighted by molar-refractivity contribution is 0.126. The fourth-order valence-electron chi connectivity index (χ4n) is 3.75. The van der Waals surface area contributed by atoms with Crippen LogP contribution in [0.15, 0.2) is 18.2 Å². The molecule has 2 saturated carbocycles. The van der Waals surface area contributed by atoms with Gasteiger partial charge in [-0.05, 0) is 68.2 Å². The van der Waals surface area contributed by atoms with Crippen molar-refractivity contribution in [1.82, 2.24) is 5.32 Å². The molecular weight excluding hydrogens is 238 g/mol. The molecule has 0 aromatic heterocycles. The van der Waals surface area contributed by atoms with Crippen molar-refractivity contribution in [3.05, 3.63) is 23.8 Å². The lowest BCUT2D eigenvalue weighted by Gasteiger charge is -2.41. The minimum atomic E-state index is 0.361. The Hall–Kier alpha value is -1.22. The minimum absolute atomic E-state index is 0.361. The molecule has 1 heterocycles. The molecule has 1 spiro atoms. The summed E-state index contributed by atoms with van der Waals surface area (Å²) in [6, 6.07) is 6.95. The summed E-state index contributed by atoms with van der Waals surface area (Å²) in [5.74, 6) is 2.64. The fourth-order valence-corrected chi connectivity index (χ4v) is 3.75. The van der Waals surface area contributed by atoms with Crippen molar-refractivity contribution in [3.8, 4) is 11.5 Å². The van der Waals surface area contributed by atoms with E-state index in [-0.39, 0.29) is 0 Å². The molecule has 0 amide bonds. The van der Waals surface area contributed by atoms with Crippen LogP contribution in [-0.2, 0) is 6.42 Å². The monoisotopic (exact) mass is 259 g/mol. The number of likely N-dealkylation sites (N-methyl/N-ethyl adjacent to an activating group) is 1. The Morgan fingerprint density at radius 2 is 2.05 bits per heavy atom. The third-order valence-electron chi connectivity index (χ3n) is 5.18. The molecule has 3 aliphatic rings. The first kappa shape index (κ1) is 11.6. The number of hydrogen-bond acceptors (Lipinski definition) is 3. The van der Waals surface area contributed by atoms with Crippen molar-refractivity contribution >= 4 is 0 Å². The van der Waals surface area contributed by atoms with Crippen molar-refractivity contribution in [2.45, 2.75) is 38.1 Å². The Bertz CT molecular complexity index is 488. The maximum atomic E-state index is 5.46. The Kier molecular flexibility index (Phi) is 2.52. The summed E-state index contributed by atoms with van der Waals surface area (Å²) in [7, 11) is 2.09. The molecule has 102 valence electrons. The highest BCUT2D eigenvalue weighted by molar-refractivity contribution is 5.44. The summed E-state index contributed by atoms with van der Waals surface area (Å²) in [4.78, 5) is 0. The van der Waals surface area contributed by atoms with Gasteiger partial charge in [-0.25, -0.2) is 0 Å². The van der Waals surface area contributed by atoms with Crippen LogP contribution in [0.5, 0.6) is 11.5 Å². The van der Waals surface area contributed by atoms with Crippen LogP contribution in [0, 0.1) is 11.3 Å². The predicted octanol–water partition coefficient (Wildman–Crippen LogP) is 2.74. The third-order valence-corrected chi connectivity index (χ3v) is 5.18. The average molecular weight is 259 g/mol. The van der Waals surface area contributed by atoms with Crippen molar-refractivity contribution < 1.29 is 9.47 Å². The van der Waals surface area contributed by atoms with Gasteiger partial charge in [0, 0.05) is 6.04 Å². The van der Waals surface area contributed by atoms with E-state index in [1.165, 1.54) is 31.2 Å². The molecule has 3 heteroatoms. The van der Waals surface area contributed by atoms with E-state index in [1.807, 2.05) is 6.07 Å².